The van der Waals surface area contributed by atoms with Crippen LogP contribution >= 0.6 is 0 Å². The van der Waals surface area contributed by atoms with Gasteiger partial charge in [-0.05, 0) is 30.5 Å². The number of carbonyl (C=O) groups is 3. The van der Waals surface area contributed by atoms with E-state index in [2.05, 4.69) is 5.32 Å². The summed E-state index contributed by atoms with van der Waals surface area (Å²) in [7, 11) is 0. The molecule has 0 aromatic heterocycles. The lowest BCUT2D eigenvalue weighted by atomic mass is 10.1. The van der Waals surface area contributed by atoms with Crippen LogP contribution in [0.4, 0.5) is 4.79 Å². The Kier molecular flexibility index (Phi) is 6.78. The predicted molar refractivity (Wildman–Crippen MR) is 105 cm³/mol. The lowest BCUT2D eigenvalue weighted by Gasteiger charge is -2.13. The van der Waals surface area contributed by atoms with Crippen molar-refractivity contribution in [3.05, 3.63) is 71.3 Å². The van der Waals surface area contributed by atoms with E-state index in [9.17, 15) is 14.4 Å². The van der Waals surface area contributed by atoms with E-state index in [4.69, 9.17) is 4.74 Å². The highest BCUT2D eigenvalue weighted by molar-refractivity contribution is 6.21. The molecule has 2 aromatic rings. The van der Waals surface area contributed by atoms with Gasteiger partial charge in [-0.3, -0.25) is 14.5 Å². The number of ether oxygens (including phenoxy) is 1. The molecule has 3 amide bonds. The van der Waals surface area contributed by atoms with Gasteiger partial charge in [-0.1, -0.05) is 55.3 Å². The molecule has 0 bridgehead atoms. The van der Waals surface area contributed by atoms with Crippen LogP contribution in [-0.2, 0) is 11.3 Å². The van der Waals surface area contributed by atoms with E-state index in [1.807, 2.05) is 30.3 Å². The SMILES string of the molecule is O=C(NCCCCCCN1C(=O)c2ccccc2C1=O)OCc1ccccc1. The first-order valence-corrected chi connectivity index (χ1v) is 9.56. The van der Waals surface area contributed by atoms with Crippen LogP contribution in [0.15, 0.2) is 54.6 Å². The Hall–Kier alpha value is -3.15. The van der Waals surface area contributed by atoms with Crippen molar-refractivity contribution in [2.45, 2.75) is 32.3 Å². The van der Waals surface area contributed by atoms with Gasteiger partial charge in [0.25, 0.3) is 11.8 Å². The molecule has 0 spiro atoms. The van der Waals surface area contributed by atoms with Crippen molar-refractivity contribution in [2.24, 2.45) is 0 Å². The fourth-order valence-electron chi connectivity index (χ4n) is 3.16. The number of benzene rings is 2. The minimum absolute atomic E-state index is 0.205. The van der Waals surface area contributed by atoms with Crippen LogP contribution in [0.3, 0.4) is 0 Å². The van der Waals surface area contributed by atoms with E-state index in [1.165, 1.54) is 4.90 Å². The molecule has 0 saturated carbocycles. The summed E-state index contributed by atoms with van der Waals surface area (Å²) in [5, 5.41) is 2.73. The number of imide groups is 1. The zero-order valence-corrected chi connectivity index (χ0v) is 15.7. The Morgan fingerprint density at radius 3 is 2.11 bits per heavy atom. The molecule has 3 rings (SSSR count). The summed E-state index contributed by atoms with van der Waals surface area (Å²) < 4.78 is 5.15. The number of alkyl carbamates (subject to hydrolysis) is 1. The number of carbonyl (C=O) groups excluding carboxylic acids is 3. The number of nitrogens with zero attached hydrogens (tertiary/aromatic N) is 1. The van der Waals surface area contributed by atoms with E-state index in [0.717, 1.165) is 31.2 Å². The van der Waals surface area contributed by atoms with E-state index in [-0.39, 0.29) is 18.4 Å². The van der Waals surface area contributed by atoms with Gasteiger partial charge in [-0.15, -0.1) is 0 Å². The van der Waals surface area contributed by atoms with Crippen LogP contribution in [0, 0.1) is 0 Å². The topological polar surface area (TPSA) is 75.7 Å². The third kappa shape index (κ3) is 4.97. The van der Waals surface area contributed by atoms with Gasteiger partial charge in [0, 0.05) is 13.1 Å². The highest BCUT2D eigenvalue weighted by Gasteiger charge is 2.34. The van der Waals surface area contributed by atoms with E-state index in [0.29, 0.717) is 24.2 Å². The Balaban J connectivity index is 1.25. The Bertz CT molecular complexity index is 800. The van der Waals surface area contributed by atoms with Gasteiger partial charge in [-0.25, -0.2) is 4.79 Å². The van der Waals surface area contributed by atoms with Crippen molar-refractivity contribution in [1.29, 1.82) is 0 Å². The molecule has 1 heterocycles. The summed E-state index contributed by atoms with van der Waals surface area (Å²) in [6.07, 6.45) is 2.94. The Labute approximate surface area is 164 Å². The second kappa shape index (κ2) is 9.69. The summed E-state index contributed by atoms with van der Waals surface area (Å²) >= 11 is 0. The molecule has 0 fully saturated rings. The number of hydrogen-bond donors (Lipinski definition) is 1. The predicted octanol–water partition coefficient (Wildman–Crippen LogP) is 3.77. The third-order valence-corrected chi connectivity index (χ3v) is 4.67. The molecule has 146 valence electrons. The van der Waals surface area contributed by atoms with Crippen molar-refractivity contribution in [3.8, 4) is 0 Å². The number of fused-ring (bicyclic) bond motifs is 1. The zero-order valence-electron chi connectivity index (χ0n) is 15.7. The van der Waals surface area contributed by atoms with Gasteiger partial charge >= 0.3 is 6.09 Å². The molecule has 28 heavy (non-hydrogen) atoms. The summed E-state index contributed by atoms with van der Waals surface area (Å²) in [4.78, 5) is 37.5. The monoisotopic (exact) mass is 380 g/mol. The lowest BCUT2D eigenvalue weighted by molar-refractivity contribution is 0.0651. The average molecular weight is 380 g/mol. The quantitative estimate of drug-likeness (QED) is 0.531. The molecule has 1 N–H and O–H groups in total. The van der Waals surface area contributed by atoms with Gasteiger partial charge in [0.05, 0.1) is 11.1 Å². The fourth-order valence-corrected chi connectivity index (χ4v) is 3.16. The highest BCUT2D eigenvalue weighted by atomic mass is 16.5. The zero-order chi connectivity index (χ0) is 19.8. The summed E-state index contributed by atoms with van der Waals surface area (Å²) in [6.45, 7) is 1.23. The van der Waals surface area contributed by atoms with Crippen LogP contribution in [-0.4, -0.2) is 35.9 Å². The molecule has 6 heteroatoms. The molecule has 2 aromatic carbocycles. The first-order chi connectivity index (χ1) is 13.7. The molecular formula is C22H24N2O4. The first-order valence-electron chi connectivity index (χ1n) is 9.56. The van der Waals surface area contributed by atoms with Crippen LogP contribution < -0.4 is 5.32 Å². The molecular weight excluding hydrogens is 356 g/mol. The smallest absolute Gasteiger partial charge is 0.407 e. The van der Waals surface area contributed by atoms with Crippen LogP contribution in [0.2, 0.25) is 0 Å². The van der Waals surface area contributed by atoms with Gasteiger partial charge < -0.3 is 10.1 Å². The van der Waals surface area contributed by atoms with Crippen LogP contribution in [0.5, 0.6) is 0 Å². The standard InChI is InChI=1S/C22H24N2O4/c25-20-18-12-6-7-13-19(18)21(26)24(20)15-9-2-1-8-14-23-22(27)28-16-17-10-4-3-5-11-17/h3-7,10-13H,1-2,8-9,14-16H2,(H,23,27). The largest absolute Gasteiger partial charge is 0.445 e. The molecule has 1 aliphatic rings. The van der Waals surface area contributed by atoms with E-state index >= 15 is 0 Å². The number of nitrogens with one attached hydrogen (secondary N) is 1. The molecule has 0 atom stereocenters. The van der Waals surface area contributed by atoms with Crippen LogP contribution in [0.1, 0.15) is 52.0 Å². The summed E-state index contributed by atoms with van der Waals surface area (Å²) in [5.41, 5.74) is 1.93. The third-order valence-electron chi connectivity index (χ3n) is 4.67. The van der Waals surface area contributed by atoms with E-state index < -0.39 is 6.09 Å². The number of rotatable bonds is 9. The van der Waals surface area contributed by atoms with E-state index in [1.54, 1.807) is 24.3 Å². The van der Waals surface area contributed by atoms with Crippen molar-refractivity contribution in [1.82, 2.24) is 10.2 Å². The molecule has 0 unspecified atom stereocenters. The van der Waals surface area contributed by atoms with Crippen molar-refractivity contribution >= 4 is 17.9 Å². The van der Waals surface area contributed by atoms with Gasteiger partial charge in [0.2, 0.25) is 0 Å². The Morgan fingerprint density at radius 1 is 0.821 bits per heavy atom. The average Bonchev–Trinajstić information content (AvgIpc) is 2.97. The summed E-state index contributed by atoms with van der Waals surface area (Å²) in [5.74, 6) is -0.410. The lowest BCUT2D eigenvalue weighted by Crippen LogP contribution is -2.30. The molecule has 0 saturated heterocycles. The molecule has 1 aliphatic heterocycles. The number of amides is 3. The van der Waals surface area contributed by atoms with Gasteiger partial charge in [0.15, 0.2) is 0 Å². The van der Waals surface area contributed by atoms with Gasteiger partial charge in [0.1, 0.15) is 6.61 Å². The number of hydrogen-bond acceptors (Lipinski definition) is 4. The van der Waals surface area contributed by atoms with Gasteiger partial charge in [-0.2, -0.15) is 0 Å². The second-order valence-corrected chi connectivity index (χ2v) is 6.71. The molecule has 6 nitrogen and oxygen atoms in total. The normalized spacial score (nSPS) is 12.8. The fraction of sp³-hybridized carbons (Fsp3) is 0.318. The maximum atomic E-state index is 12.3. The maximum absolute atomic E-state index is 12.3. The number of unbranched alkanes of at least 4 members (excludes halogenated alkanes) is 3. The summed E-state index contributed by atoms with van der Waals surface area (Å²) in [6, 6.07) is 16.4. The van der Waals surface area contributed by atoms with Crippen molar-refractivity contribution in [2.75, 3.05) is 13.1 Å². The minimum Gasteiger partial charge on any atom is -0.445 e. The molecule has 0 aliphatic carbocycles. The second-order valence-electron chi connectivity index (χ2n) is 6.71. The Morgan fingerprint density at radius 2 is 1.43 bits per heavy atom. The van der Waals surface area contributed by atoms with Crippen LogP contribution in [0.25, 0.3) is 0 Å². The molecule has 0 radical (unpaired) electrons. The minimum atomic E-state index is -0.421. The van der Waals surface area contributed by atoms with Crippen molar-refractivity contribution < 1.29 is 19.1 Å². The van der Waals surface area contributed by atoms with Crippen molar-refractivity contribution in [3.63, 3.8) is 0 Å². The first kappa shape index (κ1) is 19.6. The maximum Gasteiger partial charge on any atom is 0.407 e. The highest BCUT2D eigenvalue weighted by Crippen LogP contribution is 2.22.